The van der Waals surface area contributed by atoms with Crippen LogP contribution in [0.4, 0.5) is 9.59 Å². The van der Waals surface area contributed by atoms with Crippen molar-refractivity contribution in [1.82, 2.24) is 10.0 Å². The number of hydrogen-bond acceptors (Lipinski definition) is 5. The van der Waals surface area contributed by atoms with Gasteiger partial charge in [0.05, 0.1) is 18.2 Å². The summed E-state index contributed by atoms with van der Waals surface area (Å²) in [5.41, 5.74) is 0. The summed E-state index contributed by atoms with van der Waals surface area (Å²) < 4.78 is 10.2. The third-order valence-electron chi connectivity index (χ3n) is 3.22. The number of Topliss-reactive ketones (excluding diaryl/α,β-unsaturated/α-hetero) is 1. The van der Waals surface area contributed by atoms with Crippen molar-refractivity contribution in [3.63, 3.8) is 0 Å². The van der Waals surface area contributed by atoms with E-state index in [4.69, 9.17) is 9.47 Å². The van der Waals surface area contributed by atoms with Crippen LogP contribution in [0.5, 0.6) is 0 Å². The number of ketones is 1. The van der Waals surface area contributed by atoms with Crippen molar-refractivity contribution < 1.29 is 23.9 Å². The summed E-state index contributed by atoms with van der Waals surface area (Å²) in [6.07, 6.45) is -1.18. The highest BCUT2D eigenvalue weighted by molar-refractivity contribution is 5.93. The highest BCUT2D eigenvalue weighted by Gasteiger charge is 2.55. The topological polar surface area (TPSA) is 76.2 Å². The molecule has 2 fully saturated rings. The van der Waals surface area contributed by atoms with E-state index in [1.165, 1.54) is 5.01 Å². The van der Waals surface area contributed by atoms with Gasteiger partial charge in [-0.05, 0) is 27.7 Å². The summed E-state index contributed by atoms with van der Waals surface area (Å²) in [7, 11) is 0. The first-order valence-electron chi connectivity index (χ1n) is 6.83. The van der Waals surface area contributed by atoms with Crippen molar-refractivity contribution in [1.29, 1.82) is 0 Å². The van der Waals surface area contributed by atoms with E-state index in [1.54, 1.807) is 27.7 Å². The van der Waals surface area contributed by atoms with Crippen LogP contribution in [0, 0.1) is 0 Å². The van der Waals surface area contributed by atoms with E-state index in [9.17, 15) is 14.4 Å². The Balaban J connectivity index is 2.18. The minimum absolute atomic E-state index is 0.0377. The lowest BCUT2D eigenvalue weighted by Crippen LogP contribution is -2.56. The molecular formula is C13H20N2O5. The molecule has 7 nitrogen and oxygen atoms in total. The van der Waals surface area contributed by atoms with Gasteiger partial charge in [-0.25, -0.2) is 19.6 Å². The predicted molar refractivity (Wildman–Crippen MR) is 68.7 cm³/mol. The molecule has 0 spiro atoms. The maximum Gasteiger partial charge on any atom is 0.429 e. The molecule has 112 valence electrons. The fraction of sp³-hybridized carbons (Fsp3) is 0.769. The molecule has 7 heteroatoms. The maximum absolute atomic E-state index is 12.1. The lowest BCUT2D eigenvalue weighted by molar-refractivity contribution is -0.131. The van der Waals surface area contributed by atoms with Gasteiger partial charge < -0.3 is 9.47 Å². The van der Waals surface area contributed by atoms with Crippen molar-refractivity contribution in [2.45, 2.75) is 64.8 Å². The number of ether oxygens (including phenoxy) is 2. The molecule has 0 aromatic rings. The zero-order valence-electron chi connectivity index (χ0n) is 12.2. The van der Waals surface area contributed by atoms with Crippen molar-refractivity contribution >= 4 is 18.0 Å². The SMILES string of the molecule is CC(C)OC(=O)N1C2CC(=O)C(C2)N1C(=O)OC(C)C. The first kappa shape index (κ1) is 14.6. The van der Waals surface area contributed by atoms with Crippen molar-refractivity contribution in [3.05, 3.63) is 0 Å². The molecule has 0 radical (unpaired) electrons. The number of nitrogens with zero attached hydrogens (tertiary/aromatic N) is 2. The summed E-state index contributed by atoms with van der Waals surface area (Å²) in [6, 6.07) is -0.913. The molecule has 0 N–H and O–H groups in total. The lowest BCUT2D eigenvalue weighted by atomic mass is 10.2. The largest absolute Gasteiger partial charge is 0.445 e. The fourth-order valence-corrected chi connectivity index (χ4v) is 2.55. The average Bonchev–Trinajstić information content (AvgIpc) is 2.82. The van der Waals surface area contributed by atoms with Gasteiger partial charge in [0.1, 0.15) is 6.04 Å². The minimum Gasteiger partial charge on any atom is -0.445 e. The number of amides is 2. The van der Waals surface area contributed by atoms with Gasteiger partial charge >= 0.3 is 12.2 Å². The van der Waals surface area contributed by atoms with Crippen molar-refractivity contribution in [3.8, 4) is 0 Å². The Labute approximate surface area is 117 Å². The van der Waals surface area contributed by atoms with E-state index in [2.05, 4.69) is 0 Å². The third-order valence-corrected chi connectivity index (χ3v) is 3.22. The van der Waals surface area contributed by atoms with E-state index in [0.717, 1.165) is 5.01 Å². The molecule has 1 heterocycles. The van der Waals surface area contributed by atoms with Gasteiger partial charge in [0, 0.05) is 12.8 Å². The first-order chi connectivity index (χ1) is 9.31. The Morgan fingerprint density at radius 3 is 2.05 bits per heavy atom. The van der Waals surface area contributed by atoms with Crippen LogP contribution in [-0.4, -0.2) is 52.3 Å². The van der Waals surface area contributed by atoms with Crippen LogP contribution < -0.4 is 0 Å². The van der Waals surface area contributed by atoms with Gasteiger partial charge in [0.2, 0.25) is 0 Å². The van der Waals surface area contributed by atoms with E-state index < -0.39 is 18.2 Å². The van der Waals surface area contributed by atoms with Crippen molar-refractivity contribution in [2.24, 2.45) is 0 Å². The van der Waals surface area contributed by atoms with Gasteiger partial charge in [-0.2, -0.15) is 0 Å². The Morgan fingerprint density at radius 1 is 1.05 bits per heavy atom. The zero-order chi connectivity index (χ0) is 15.0. The molecular weight excluding hydrogens is 264 g/mol. The second-order valence-electron chi connectivity index (χ2n) is 5.63. The van der Waals surface area contributed by atoms with Crippen LogP contribution >= 0.6 is 0 Å². The Kier molecular flexibility index (Phi) is 3.87. The third kappa shape index (κ3) is 2.57. The Morgan fingerprint density at radius 2 is 1.55 bits per heavy atom. The molecule has 1 aliphatic carbocycles. The second kappa shape index (κ2) is 5.30. The summed E-state index contributed by atoms with van der Waals surface area (Å²) >= 11 is 0. The number of carbonyl (C=O) groups excluding carboxylic acids is 3. The summed E-state index contributed by atoms with van der Waals surface area (Å²) in [5.74, 6) is -0.0377. The van der Waals surface area contributed by atoms with Gasteiger partial charge in [0.15, 0.2) is 5.78 Å². The number of fused-ring (bicyclic) bond motifs is 2. The van der Waals surface area contributed by atoms with Gasteiger partial charge in [-0.15, -0.1) is 0 Å². The van der Waals surface area contributed by atoms with E-state index in [0.29, 0.717) is 6.42 Å². The van der Waals surface area contributed by atoms with Gasteiger partial charge in [0.25, 0.3) is 0 Å². The smallest absolute Gasteiger partial charge is 0.429 e. The van der Waals surface area contributed by atoms with Crippen LogP contribution in [0.3, 0.4) is 0 Å². The second-order valence-corrected chi connectivity index (χ2v) is 5.63. The monoisotopic (exact) mass is 284 g/mol. The first-order valence-corrected chi connectivity index (χ1v) is 6.83. The minimum atomic E-state index is -0.679. The van der Waals surface area contributed by atoms with Crippen LogP contribution in [0.1, 0.15) is 40.5 Å². The lowest BCUT2D eigenvalue weighted by Gasteiger charge is -2.36. The van der Waals surface area contributed by atoms with E-state index >= 15 is 0 Å². The van der Waals surface area contributed by atoms with Gasteiger partial charge in [-0.3, -0.25) is 4.79 Å². The molecule has 2 rings (SSSR count). The van der Waals surface area contributed by atoms with Crippen LogP contribution in [0.25, 0.3) is 0 Å². The number of rotatable bonds is 2. The zero-order valence-corrected chi connectivity index (χ0v) is 12.2. The molecule has 2 atom stereocenters. The van der Waals surface area contributed by atoms with Crippen LogP contribution in [0.15, 0.2) is 0 Å². The normalized spacial score (nSPS) is 24.8. The quantitative estimate of drug-likeness (QED) is 0.771. The summed E-state index contributed by atoms with van der Waals surface area (Å²) in [4.78, 5) is 36.0. The van der Waals surface area contributed by atoms with Crippen LogP contribution in [0.2, 0.25) is 0 Å². The van der Waals surface area contributed by atoms with E-state index in [-0.39, 0.29) is 30.5 Å². The molecule has 0 aromatic heterocycles. The summed E-state index contributed by atoms with van der Waals surface area (Å²) in [5, 5.41) is 2.35. The summed E-state index contributed by atoms with van der Waals surface area (Å²) in [6.45, 7) is 6.89. The Bertz CT molecular complexity index is 434. The highest BCUT2D eigenvalue weighted by atomic mass is 16.6. The molecule has 1 saturated carbocycles. The maximum atomic E-state index is 12.1. The molecule has 0 aromatic carbocycles. The molecule has 1 saturated heterocycles. The number of hydrazine groups is 1. The Hall–Kier alpha value is -1.79. The fourth-order valence-electron chi connectivity index (χ4n) is 2.55. The molecule has 2 unspecified atom stereocenters. The molecule has 2 aliphatic rings. The molecule has 1 aliphatic heterocycles. The van der Waals surface area contributed by atoms with Crippen molar-refractivity contribution in [2.75, 3.05) is 0 Å². The number of hydrogen-bond donors (Lipinski definition) is 0. The van der Waals surface area contributed by atoms with Gasteiger partial charge in [-0.1, -0.05) is 0 Å². The van der Waals surface area contributed by atoms with Crippen LogP contribution in [-0.2, 0) is 14.3 Å². The predicted octanol–water partition coefficient (Wildman–Crippen LogP) is 1.71. The highest BCUT2D eigenvalue weighted by Crippen LogP contribution is 2.36. The van der Waals surface area contributed by atoms with E-state index in [1.807, 2.05) is 0 Å². The molecule has 2 amide bonds. The molecule has 2 bridgehead atoms. The number of carbonyl (C=O) groups is 3. The molecule has 20 heavy (non-hydrogen) atoms. The standard InChI is InChI=1S/C13H20N2O5/c1-7(2)19-12(17)14-9-5-10(11(16)6-9)15(14)13(18)20-8(3)4/h7-10H,5-6H2,1-4H3. The average molecular weight is 284 g/mol.